The third-order valence-electron chi connectivity index (χ3n) is 1.94. The van der Waals surface area contributed by atoms with Crippen molar-refractivity contribution >= 4 is 38.4 Å². The molecule has 84 valence electrons. The quantitative estimate of drug-likeness (QED) is 0.733. The van der Waals surface area contributed by atoms with Gasteiger partial charge in [-0.25, -0.2) is 4.98 Å². The molecule has 2 aromatic rings. The minimum atomic E-state index is -4.54. The van der Waals surface area contributed by atoms with Crippen molar-refractivity contribution in [2.24, 2.45) is 0 Å². The minimum absolute atomic E-state index is 0.0366. The maximum atomic E-state index is 12.6. The van der Waals surface area contributed by atoms with Gasteiger partial charge in [0.25, 0.3) is 0 Å². The van der Waals surface area contributed by atoms with E-state index in [1.54, 1.807) is 0 Å². The fourth-order valence-electron chi connectivity index (χ4n) is 1.23. The SMILES string of the molecule is FC(F)(F)c1nc2ccncc2c(Cl)c1Br. The molecule has 0 unspecified atom stereocenters. The van der Waals surface area contributed by atoms with Gasteiger partial charge in [0.05, 0.1) is 15.0 Å². The molecule has 0 amide bonds. The molecule has 0 N–H and O–H groups in total. The van der Waals surface area contributed by atoms with E-state index in [0.717, 1.165) is 0 Å². The number of halogens is 5. The van der Waals surface area contributed by atoms with E-state index in [9.17, 15) is 13.2 Å². The highest BCUT2D eigenvalue weighted by atomic mass is 79.9. The van der Waals surface area contributed by atoms with Gasteiger partial charge in [-0.2, -0.15) is 13.2 Å². The van der Waals surface area contributed by atoms with Gasteiger partial charge in [-0.1, -0.05) is 11.6 Å². The number of pyridine rings is 2. The maximum Gasteiger partial charge on any atom is 0.434 e. The highest BCUT2D eigenvalue weighted by Gasteiger charge is 2.36. The van der Waals surface area contributed by atoms with Crippen molar-refractivity contribution in [1.82, 2.24) is 9.97 Å². The molecule has 0 saturated carbocycles. The van der Waals surface area contributed by atoms with Crippen LogP contribution in [-0.2, 0) is 6.18 Å². The van der Waals surface area contributed by atoms with Crippen molar-refractivity contribution in [2.75, 3.05) is 0 Å². The Morgan fingerprint density at radius 3 is 2.62 bits per heavy atom. The number of nitrogens with zero attached hydrogens (tertiary/aromatic N) is 2. The van der Waals surface area contributed by atoms with Crippen LogP contribution in [0.25, 0.3) is 10.9 Å². The van der Waals surface area contributed by atoms with Crippen LogP contribution >= 0.6 is 27.5 Å². The molecule has 0 aliphatic carbocycles. The lowest BCUT2D eigenvalue weighted by atomic mass is 10.2. The Bertz CT molecular complexity index is 556. The summed E-state index contributed by atoms with van der Waals surface area (Å²) in [6, 6.07) is 1.38. The second-order valence-electron chi connectivity index (χ2n) is 2.98. The number of rotatable bonds is 0. The van der Waals surface area contributed by atoms with E-state index in [4.69, 9.17) is 11.6 Å². The average molecular weight is 311 g/mol. The molecular weight excluding hydrogens is 308 g/mol. The van der Waals surface area contributed by atoms with Gasteiger partial charge in [-0.15, -0.1) is 0 Å². The van der Waals surface area contributed by atoms with Gasteiger partial charge in [0.2, 0.25) is 0 Å². The smallest absolute Gasteiger partial charge is 0.264 e. The van der Waals surface area contributed by atoms with Crippen LogP contribution in [0.15, 0.2) is 22.9 Å². The summed E-state index contributed by atoms with van der Waals surface area (Å²) in [4.78, 5) is 7.29. The first-order chi connectivity index (χ1) is 7.41. The van der Waals surface area contributed by atoms with Crippen molar-refractivity contribution in [3.8, 4) is 0 Å². The molecule has 0 aliphatic rings. The number of hydrogen-bond acceptors (Lipinski definition) is 2. The molecular formula is C9H3BrClF3N2. The summed E-state index contributed by atoms with van der Waals surface area (Å²) in [5.41, 5.74) is -0.869. The van der Waals surface area contributed by atoms with E-state index >= 15 is 0 Å². The standard InChI is InChI=1S/C9H3BrClF3N2/c10-6-7(11)4-3-15-2-1-5(4)16-8(6)9(12,13)14/h1-3H. The van der Waals surface area contributed by atoms with E-state index in [0.29, 0.717) is 5.39 Å². The van der Waals surface area contributed by atoms with Crippen LogP contribution in [0.5, 0.6) is 0 Å². The molecule has 2 heterocycles. The molecule has 16 heavy (non-hydrogen) atoms. The Labute approximate surface area is 102 Å². The third-order valence-corrected chi connectivity index (χ3v) is 3.33. The van der Waals surface area contributed by atoms with E-state index in [1.807, 2.05) is 0 Å². The summed E-state index contributed by atoms with van der Waals surface area (Å²) in [5.74, 6) is 0. The monoisotopic (exact) mass is 310 g/mol. The molecule has 2 aromatic heterocycles. The summed E-state index contributed by atoms with van der Waals surface area (Å²) in [6.07, 6.45) is -1.81. The summed E-state index contributed by atoms with van der Waals surface area (Å²) >= 11 is 8.61. The van der Waals surface area contributed by atoms with Crippen LogP contribution in [0, 0.1) is 0 Å². The van der Waals surface area contributed by atoms with Gasteiger partial charge in [0.1, 0.15) is 0 Å². The van der Waals surface area contributed by atoms with E-state index in [-0.39, 0.29) is 15.0 Å². The highest BCUT2D eigenvalue weighted by Crippen LogP contribution is 2.39. The lowest BCUT2D eigenvalue weighted by molar-refractivity contribution is -0.141. The largest absolute Gasteiger partial charge is 0.434 e. The van der Waals surface area contributed by atoms with Gasteiger partial charge in [0, 0.05) is 17.8 Å². The molecule has 0 atom stereocenters. The van der Waals surface area contributed by atoms with Crippen LogP contribution in [0.3, 0.4) is 0 Å². The molecule has 0 radical (unpaired) electrons. The zero-order valence-electron chi connectivity index (χ0n) is 7.52. The van der Waals surface area contributed by atoms with Gasteiger partial charge < -0.3 is 0 Å². The number of aromatic nitrogens is 2. The number of fused-ring (bicyclic) bond motifs is 1. The summed E-state index contributed by atoms with van der Waals surface area (Å²) in [5, 5.41) is 0.342. The number of hydrogen-bond donors (Lipinski definition) is 0. The highest BCUT2D eigenvalue weighted by molar-refractivity contribution is 9.10. The molecule has 0 aliphatic heterocycles. The lowest BCUT2D eigenvalue weighted by Crippen LogP contribution is -2.09. The Morgan fingerprint density at radius 1 is 1.31 bits per heavy atom. The average Bonchev–Trinajstić information content (AvgIpc) is 2.22. The first-order valence-electron chi connectivity index (χ1n) is 4.07. The van der Waals surface area contributed by atoms with Gasteiger partial charge in [-0.3, -0.25) is 4.98 Å². The normalized spacial score (nSPS) is 12.1. The molecule has 0 fully saturated rings. The molecule has 0 bridgehead atoms. The van der Waals surface area contributed by atoms with Gasteiger partial charge >= 0.3 is 6.18 Å². The maximum absolute atomic E-state index is 12.6. The van der Waals surface area contributed by atoms with Crippen LogP contribution in [0.2, 0.25) is 5.02 Å². The fourth-order valence-corrected chi connectivity index (χ4v) is 2.00. The van der Waals surface area contributed by atoms with Crippen LogP contribution in [0.1, 0.15) is 5.69 Å². The van der Waals surface area contributed by atoms with E-state index in [1.165, 1.54) is 18.5 Å². The molecule has 0 saturated heterocycles. The van der Waals surface area contributed by atoms with E-state index in [2.05, 4.69) is 25.9 Å². The zero-order valence-corrected chi connectivity index (χ0v) is 9.86. The number of alkyl halides is 3. The van der Waals surface area contributed by atoms with Gasteiger partial charge in [-0.05, 0) is 22.0 Å². The third kappa shape index (κ3) is 1.87. The molecule has 0 spiro atoms. The molecule has 2 nitrogen and oxygen atoms in total. The van der Waals surface area contributed by atoms with Crippen LogP contribution < -0.4 is 0 Å². The topological polar surface area (TPSA) is 25.8 Å². The van der Waals surface area contributed by atoms with Crippen molar-refractivity contribution < 1.29 is 13.2 Å². The second kappa shape index (κ2) is 3.85. The molecule has 0 aromatic carbocycles. The lowest BCUT2D eigenvalue weighted by Gasteiger charge is -2.10. The Hall–Kier alpha value is -0.880. The van der Waals surface area contributed by atoms with Crippen molar-refractivity contribution in [2.45, 2.75) is 6.18 Å². The molecule has 7 heteroatoms. The summed E-state index contributed by atoms with van der Waals surface area (Å²) < 4.78 is 37.5. The summed E-state index contributed by atoms with van der Waals surface area (Å²) in [6.45, 7) is 0. The predicted octanol–water partition coefficient (Wildman–Crippen LogP) is 4.06. The Kier molecular flexibility index (Phi) is 2.79. The first-order valence-corrected chi connectivity index (χ1v) is 5.24. The minimum Gasteiger partial charge on any atom is -0.264 e. The van der Waals surface area contributed by atoms with Crippen molar-refractivity contribution in [3.05, 3.63) is 33.6 Å². The van der Waals surface area contributed by atoms with Gasteiger partial charge in [0.15, 0.2) is 5.69 Å². The fraction of sp³-hybridized carbons (Fsp3) is 0.111. The van der Waals surface area contributed by atoms with Crippen molar-refractivity contribution in [3.63, 3.8) is 0 Å². The summed E-state index contributed by atoms with van der Waals surface area (Å²) in [7, 11) is 0. The first kappa shape index (κ1) is 11.6. The van der Waals surface area contributed by atoms with E-state index < -0.39 is 11.9 Å². The van der Waals surface area contributed by atoms with Crippen LogP contribution in [0.4, 0.5) is 13.2 Å². The molecule has 2 rings (SSSR count). The van der Waals surface area contributed by atoms with Crippen LogP contribution in [-0.4, -0.2) is 9.97 Å². The van der Waals surface area contributed by atoms with Crippen molar-refractivity contribution in [1.29, 1.82) is 0 Å². The Morgan fingerprint density at radius 2 is 2.00 bits per heavy atom. The Balaban J connectivity index is 2.84. The predicted molar refractivity (Wildman–Crippen MR) is 57.3 cm³/mol. The zero-order chi connectivity index (χ0) is 11.9. The second-order valence-corrected chi connectivity index (χ2v) is 4.15.